The monoisotopic (exact) mass is 485 g/mol. The fraction of sp³-hybridized carbons (Fsp3) is 0.192. The van der Waals surface area contributed by atoms with Gasteiger partial charge in [-0.05, 0) is 49.4 Å². The van der Waals surface area contributed by atoms with Crippen molar-refractivity contribution in [2.24, 2.45) is 0 Å². The maximum Gasteiger partial charge on any atom is 0.254 e. The Morgan fingerprint density at radius 1 is 0.943 bits per heavy atom. The molecular formula is C26H23N5O3S. The first-order valence-electron chi connectivity index (χ1n) is 11.2. The normalized spacial score (nSPS) is 14.7. The van der Waals surface area contributed by atoms with Crippen molar-refractivity contribution in [3.05, 3.63) is 89.7 Å². The van der Waals surface area contributed by atoms with Crippen molar-refractivity contribution >= 4 is 27.0 Å². The number of benzene rings is 3. The van der Waals surface area contributed by atoms with Crippen molar-refractivity contribution in [1.29, 1.82) is 5.26 Å². The molecule has 0 bridgehead atoms. The summed E-state index contributed by atoms with van der Waals surface area (Å²) in [7, 11) is -3.82. The molecular weight excluding hydrogens is 462 g/mol. The van der Waals surface area contributed by atoms with Crippen molar-refractivity contribution in [3.63, 3.8) is 0 Å². The molecule has 0 atom stereocenters. The van der Waals surface area contributed by atoms with E-state index in [1.165, 1.54) is 16.4 Å². The summed E-state index contributed by atoms with van der Waals surface area (Å²) in [6.45, 7) is 2.79. The van der Waals surface area contributed by atoms with E-state index in [0.29, 0.717) is 5.56 Å². The van der Waals surface area contributed by atoms with Gasteiger partial charge < -0.3 is 4.90 Å². The summed E-state index contributed by atoms with van der Waals surface area (Å²) >= 11 is 0. The first-order chi connectivity index (χ1) is 16.9. The number of piperazine rings is 1. The first kappa shape index (κ1) is 22.8. The molecule has 0 saturated carbocycles. The average Bonchev–Trinajstić information content (AvgIpc) is 3.23. The van der Waals surface area contributed by atoms with Crippen LogP contribution in [0.15, 0.2) is 77.7 Å². The molecule has 9 heteroatoms. The summed E-state index contributed by atoms with van der Waals surface area (Å²) in [6.07, 6.45) is 0. The van der Waals surface area contributed by atoms with Gasteiger partial charge in [-0.2, -0.15) is 9.57 Å². The second-order valence-electron chi connectivity index (χ2n) is 8.34. The minimum Gasteiger partial charge on any atom is -0.336 e. The van der Waals surface area contributed by atoms with Gasteiger partial charge in [0, 0.05) is 37.4 Å². The molecule has 1 aliphatic heterocycles. The minimum absolute atomic E-state index is 0.00268. The SMILES string of the molecule is Cc1nc2cc(C(=O)N3CCN(S(=O)(=O)c4ccccc4C#N)CC3)ccc2n1-c1ccccc1. The standard InChI is InChI=1S/C26H23N5O3S/c1-19-28-23-17-20(11-12-24(23)31(19)22-8-3-2-4-9-22)26(32)29-13-15-30(16-14-29)35(33,34)25-10-6-5-7-21(25)18-27/h2-12,17H,13-16H2,1H3. The van der Waals surface area contributed by atoms with Gasteiger partial charge in [0.25, 0.3) is 5.91 Å². The lowest BCUT2D eigenvalue weighted by atomic mass is 10.1. The molecule has 1 aliphatic rings. The van der Waals surface area contributed by atoms with Crippen molar-refractivity contribution in [3.8, 4) is 11.8 Å². The van der Waals surface area contributed by atoms with Crippen LogP contribution >= 0.6 is 0 Å². The molecule has 1 aromatic heterocycles. The topological polar surface area (TPSA) is 99.3 Å². The van der Waals surface area contributed by atoms with Gasteiger partial charge in [-0.25, -0.2) is 13.4 Å². The van der Waals surface area contributed by atoms with Gasteiger partial charge in [0.1, 0.15) is 11.9 Å². The van der Waals surface area contributed by atoms with E-state index < -0.39 is 10.0 Å². The Kier molecular flexibility index (Phi) is 5.84. The van der Waals surface area contributed by atoms with Crippen LogP contribution in [0.3, 0.4) is 0 Å². The molecule has 1 fully saturated rings. The zero-order valence-corrected chi connectivity index (χ0v) is 19.9. The Morgan fingerprint density at radius 2 is 1.63 bits per heavy atom. The summed E-state index contributed by atoms with van der Waals surface area (Å²) in [5, 5.41) is 9.29. The lowest BCUT2D eigenvalue weighted by molar-refractivity contribution is 0.0698. The maximum absolute atomic E-state index is 13.2. The number of hydrogen-bond donors (Lipinski definition) is 0. The average molecular weight is 486 g/mol. The van der Waals surface area contributed by atoms with Crippen LogP contribution in [0.4, 0.5) is 0 Å². The Bertz CT molecular complexity index is 1560. The number of rotatable bonds is 4. The van der Waals surface area contributed by atoms with Crippen LogP contribution in [0.5, 0.6) is 0 Å². The van der Waals surface area contributed by atoms with E-state index in [4.69, 9.17) is 0 Å². The van der Waals surface area contributed by atoms with Crippen molar-refractivity contribution in [1.82, 2.24) is 18.8 Å². The van der Waals surface area contributed by atoms with E-state index in [2.05, 4.69) is 4.98 Å². The summed E-state index contributed by atoms with van der Waals surface area (Å²) in [4.78, 5) is 19.5. The van der Waals surface area contributed by atoms with Crippen molar-refractivity contribution in [2.75, 3.05) is 26.2 Å². The van der Waals surface area contributed by atoms with Crippen LogP contribution in [0.2, 0.25) is 0 Å². The van der Waals surface area contributed by atoms with E-state index >= 15 is 0 Å². The number of fused-ring (bicyclic) bond motifs is 1. The Hall–Kier alpha value is -4.00. The summed E-state index contributed by atoms with van der Waals surface area (Å²) in [6, 6.07) is 23.5. The Morgan fingerprint density at radius 3 is 2.34 bits per heavy atom. The largest absolute Gasteiger partial charge is 0.336 e. The van der Waals surface area contributed by atoms with Crippen molar-refractivity contribution in [2.45, 2.75) is 11.8 Å². The van der Waals surface area contributed by atoms with Gasteiger partial charge >= 0.3 is 0 Å². The first-order valence-corrected chi connectivity index (χ1v) is 12.7. The molecule has 0 N–H and O–H groups in total. The molecule has 0 spiro atoms. The predicted molar refractivity (Wildman–Crippen MR) is 132 cm³/mol. The number of hydrogen-bond acceptors (Lipinski definition) is 5. The number of para-hydroxylation sites is 1. The molecule has 176 valence electrons. The maximum atomic E-state index is 13.2. The van der Waals surface area contributed by atoms with Gasteiger partial charge in [-0.1, -0.05) is 30.3 Å². The zero-order chi connectivity index (χ0) is 24.6. The Balaban J connectivity index is 1.34. The van der Waals surface area contributed by atoms with Crippen LogP contribution in [-0.2, 0) is 10.0 Å². The van der Waals surface area contributed by atoms with Gasteiger partial charge in [-0.3, -0.25) is 9.36 Å². The van der Waals surface area contributed by atoms with Crippen molar-refractivity contribution < 1.29 is 13.2 Å². The molecule has 8 nitrogen and oxygen atoms in total. The highest BCUT2D eigenvalue weighted by molar-refractivity contribution is 7.89. The highest BCUT2D eigenvalue weighted by Crippen LogP contribution is 2.24. The lowest BCUT2D eigenvalue weighted by Gasteiger charge is -2.34. The number of imidazole rings is 1. The van der Waals surface area contributed by atoms with Crippen LogP contribution in [0, 0.1) is 18.3 Å². The number of nitriles is 1. The molecule has 0 unspecified atom stereocenters. The van der Waals surface area contributed by atoms with Crippen LogP contribution in [0.25, 0.3) is 16.7 Å². The van der Waals surface area contributed by atoms with Crippen LogP contribution in [-0.4, -0.2) is 59.3 Å². The molecule has 5 rings (SSSR count). The molecule has 35 heavy (non-hydrogen) atoms. The molecule has 0 radical (unpaired) electrons. The third kappa shape index (κ3) is 4.07. The second kappa shape index (κ2) is 8.98. The highest BCUT2D eigenvalue weighted by Gasteiger charge is 2.32. The molecule has 4 aromatic rings. The van der Waals surface area contributed by atoms with E-state index in [1.807, 2.05) is 54.0 Å². The molecule has 1 saturated heterocycles. The third-order valence-electron chi connectivity index (χ3n) is 6.23. The van der Waals surface area contributed by atoms with Gasteiger partial charge in [0.2, 0.25) is 10.0 Å². The van der Waals surface area contributed by atoms with Crippen LogP contribution < -0.4 is 0 Å². The van der Waals surface area contributed by atoms with E-state index in [0.717, 1.165) is 22.5 Å². The second-order valence-corrected chi connectivity index (χ2v) is 10.2. The number of sulfonamides is 1. The number of amides is 1. The predicted octanol–water partition coefficient (Wildman–Crippen LogP) is 3.35. The quantitative estimate of drug-likeness (QED) is 0.441. The van der Waals surface area contributed by atoms with E-state index in [-0.39, 0.29) is 42.5 Å². The number of carbonyl (C=O) groups is 1. The zero-order valence-electron chi connectivity index (χ0n) is 19.1. The third-order valence-corrected chi connectivity index (χ3v) is 8.19. The van der Waals surface area contributed by atoms with Gasteiger partial charge in [0.05, 0.1) is 21.5 Å². The number of aromatic nitrogens is 2. The van der Waals surface area contributed by atoms with E-state index in [1.54, 1.807) is 29.2 Å². The van der Waals surface area contributed by atoms with Crippen LogP contribution in [0.1, 0.15) is 21.7 Å². The summed E-state index contributed by atoms with van der Waals surface area (Å²) < 4.78 is 29.5. The molecule has 3 aromatic carbocycles. The number of aryl methyl sites for hydroxylation is 1. The number of nitrogens with zero attached hydrogens (tertiary/aromatic N) is 5. The fourth-order valence-corrected chi connectivity index (χ4v) is 6.04. The summed E-state index contributed by atoms with van der Waals surface area (Å²) in [5.41, 5.74) is 3.27. The highest BCUT2D eigenvalue weighted by atomic mass is 32.2. The Labute approximate surface area is 203 Å². The minimum atomic E-state index is -3.82. The smallest absolute Gasteiger partial charge is 0.254 e. The van der Waals surface area contributed by atoms with Gasteiger partial charge in [-0.15, -0.1) is 0 Å². The summed E-state index contributed by atoms with van der Waals surface area (Å²) in [5.74, 6) is 0.667. The molecule has 0 aliphatic carbocycles. The number of carbonyl (C=O) groups excluding carboxylic acids is 1. The molecule has 1 amide bonds. The lowest BCUT2D eigenvalue weighted by Crippen LogP contribution is -2.50. The molecule has 2 heterocycles. The fourth-order valence-electron chi connectivity index (χ4n) is 4.47. The van der Waals surface area contributed by atoms with Gasteiger partial charge in [0.15, 0.2) is 0 Å². The van der Waals surface area contributed by atoms with E-state index in [9.17, 15) is 18.5 Å².